The van der Waals surface area contributed by atoms with Gasteiger partial charge < -0.3 is 9.47 Å². The molecule has 1 N–H and O–H groups in total. The Kier molecular flexibility index (Phi) is 5.72. The Morgan fingerprint density at radius 2 is 1.77 bits per heavy atom. The zero-order valence-electron chi connectivity index (χ0n) is 14.3. The van der Waals surface area contributed by atoms with Crippen molar-refractivity contribution < 1.29 is 14.3 Å². The van der Waals surface area contributed by atoms with E-state index in [4.69, 9.17) is 9.47 Å². The van der Waals surface area contributed by atoms with E-state index >= 15 is 0 Å². The molecule has 132 valence electrons. The fourth-order valence-electron chi connectivity index (χ4n) is 2.61. The lowest BCUT2D eigenvalue weighted by molar-refractivity contribution is 0.0955. The molecule has 0 aliphatic rings. The number of carbonyl (C=O) groups is 1. The average molecular weight is 460 g/mol. The maximum atomic E-state index is 12.3. The van der Waals surface area contributed by atoms with Crippen molar-refractivity contribution in [3.8, 4) is 11.5 Å². The van der Waals surface area contributed by atoms with Crippen LogP contribution in [-0.4, -0.2) is 26.3 Å². The van der Waals surface area contributed by atoms with Gasteiger partial charge in [-0.2, -0.15) is 5.10 Å². The van der Waals surface area contributed by atoms with Crippen molar-refractivity contribution in [1.29, 1.82) is 0 Å². The monoisotopic (exact) mass is 460 g/mol. The maximum absolute atomic E-state index is 12.3. The number of nitrogens with zero attached hydrogens (tertiary/aromatic N) is 1. The van der Waals surface area contributed by atoms with Gasteiger partial charge in [-0.05, 0) is 57.6 Å². The number of amides is 1. The van der Waals surface area contributed by atoms with Gasteiger partial charge in [-0.3, -0.25) is 4.79 Å². The molecule has 6 heteroatoms. The first kappa shape index (κ1) is 18.2. The van der Waals surface area contributed by atoms with Crippen LogP contribution in [0.25, 0.3) is 10.8 Å². The minimum atomic E-state index is -0.291. The van der Waals surface area contributed by atoms with Crippen LogP contribution >= 0.6 is 22.6 Å². The highest BCUT2D eigenvalue weighted by Crippen LogP contribution is 2.26. The molecule has 0 fully saturated rings. The highest BCUT2D eigenvalue weighted by molar-refractivity contribution is 14.1. The number of carbonyl (C=O) groups excluding carboxylic acids is 1. The van der Waals surface area contributed by atoms with E-state index < -0.39 is 0 Å². The molecule has 1 amide bonds. The summed E-state index contributed by atoms with van der Waals surface area (Å²) in [5.74, 6) is 1.13. The lowest BCUT2D eigenvalue weighted by Gasteiger charge is -2.08. The fraction of sp³-hybridized carbons (Fsp3) is 0.100. The number of ether oxygens (including phenoxy) is 2. The normalized spacial score (nSPS) is 10.9. The van der Waals surface area contributed by atoms with E-state index in [9.17, 15) is 4.79 Å². The number of benzene rings is 3. The van der Waals surface area contributed by atoms with E-state index in [1.165, 1.54) is 0 Å². The van der Waals surface area contributed by atoms with Crippen LogP contribution in [0.3, 0.4) is 0 Å². The third kappa shape index (κ3) is 3.80. The molecule has 0 aromatic heterocycles. The summed E-state index contributed by atoms with van der Waals surface area (Å²) in [5, 5.41) is 6.19. The van der Waals surface area contributed by atoms with Crippen LogP contribution in [0, 0.1) is 3.57 Å². The largest absolute Gasteiger partial charge is 0.496 e. The molecular weight excluding hydrogens is 443 g/mol. The van der Waals surface area contributed by atoms with Crippen molar-refractivity contribution >= 4 is 45.5 Å². The molecule has 0 bridgehead atoms. The standard InChI is InChI=1S/C20H17IN2O3/c1-25-18-9-7-13-5-3-4-6-15(13)16(18)12-22-23-20(24)14-8-10-19(26-2)17(21)11-14/h3-12H,1-2H3,(H,23,24)/b22-12+. The first-order valence-corrected chi connectivity index (χ1v) is 8.94. The minimum Gasteiger partial charge on any atom is -0.496 e. The van der Waals surface area contributed by atoms with E-state index in [0.717, 1.165) is 25.7 Å². The smallest absolute Gasteiger partial charge is 0.271 e. The first-order valence-electron chi connectivity index (χ1n) is 7.86. The van der Waals surface area contributed by atoms with Gasteiger partial charge in [-0.1, -0.05) is 30.3 Å². The Morgan fingerprint density at radius 3 is 2.50 bits per heavy atom. The number of hydrazone groups is 1. The summed E-state index contributed by atoms with van der Waals surface area (Å²) in [7, 11) is 3.21. The second-order valence-electron chi connectivity index (χ2n) is 5.45. The van der Waals surface area contributed by atoms with Crippen LogP contribution in [-0.2, 0) is 0 Å². The fourth-order valence-corrected chi connectivity index (χ4v) is 3.35. The van der Waals surface area contributed by atoms with Crippen molar-refractivity contribution in [3.63, 3.8) is 0 Å². The number of fused-ring (bicyclic) bond motifs is 1. The van der Waals surface area contributed by atoms with Crippen LogP contribution in [0.1, 0.15) is 15.9 Å². The zero-order chi connectivity index (χ0) is 18.5. The first-order chi connectivity index (χ1) is 12.6. The molecule has 26 heavy (non-hydrogen) atoms. The van der Waals surface area contributed by atoms with E-state index in [1.54, 1.807) is 38.6 Å². The molecule has 0 aliphatic carbocycles. The van der Waals surface area contributed by atoms with Gasteiger partial charge in [0.2, 0.25) is 0 Å². The summed E-state index contributed by atoms with van der Waals surface area (Å²) in [6.07, 6.45) is 1.60. The van der Waals surface area contributed by atoms with E-state index in [0.29, 0.717) is 11.3 Å². The molecule has 0 saturated carbocycles. The van der Waals surface area contributed by atoms with Crippen LogP contribution in [0.4, 0.5) is 0 Å². The van der Waals surface area contributed by atoms with Gasteiger partial charge in [-0.15, -0.1) is 0 Å². The number of rotatable bonds is 5. The number of hydrogen-bond acceptors (Lipinski definition) is 4. The molecule has 0 spiro atoms. The minimum absolute atomic E-state index is 0.291. The highest BCUT2D eigenvalue weighted by atomic mass is 127. The lowest BCUT2D eigenvalue weighted by atomic mass is 10.0. The Labute approximate surface area is 165 Å². The van der Waals surface area contributed by atoms with Crippen molar-refractivity contribution in [3.05, 3.63) is 69.3 Å². The summed E-state index contributed by atoms with van der Waals surface area (Å²) in [5.41, 5.74) is 3.89. The van der Waals surface area contributed by atoms with Gasteiger partial charge in [0.25, 0.3) is 5.91 Å². The van der Waals surface area contributed by atoms with Crippen LogP contribution < -0.4 is 14.9 Å². The summed E-state index contributed by atoms with van der Waals surface area (Å²) < 4.78 is 11.5. The Balaban J connectivity index is 1.83. The van der Waals surface area contributed by atoms with Crippen molar-refractivity contribution in [1.82, 2.24) is 5.43 Å². The molecule has 0 unspecified atom stereocenters. The summed E-state index contributed by atoms with van der Waals surface area (Å²) in [4.78, 5) is 12.3. The van der Waals surface area contributed by atoms with E-state index in [2.05, 4.69) is 33.1 Å². The van der Waals surface area contributed by atoms with Gasteiger partial charge in [0.15, 0.2) is 0 Å². The Bertz CT molecular complexity index is 986. The van der Waals surface area contributed by atoms with E-state index in [-0.39, 0.29) is 5.91 Å². The number of methoxy groups -OCH3 is 2. The summed E-state index contributed by atoms with van der Waals surface area (Å²) >= 11 is 2.13. The zero-order valence-corrected chi connectivity index (χ0v) is 16.5. The molecule has 5 nitrogen and oxygen atoms in total. The predicted octanol–water partition coefficient (Wildman–Crippen LogP) is 4.23. The quantitative estimate of drug-likeness (QED) is 0.353. The van der Waals surface area contributed by atoms with E-state index in [1.807, 2.05) is 36.4 Å². The van der Waals surface area contributed by atoms with Crippen LogP contribution in [0.15, 0.2) is 59.7 Å². The third-order valence-electron chi connectivity index (χ3n) is 3.92. The van der Waals surface area contributed by atoms with Gasteiger partial charge in [0.1, 0.15) is 11.5 Å². The number of halogens is 1. The third-order valence-corrected chi connectivity index (χ3v) is 4.77. The predicted molar refractivity (Wildman–Crippen MR) is 111 cm³/mol. The second-order valence-corrected chi connectivity index (χ2v) is 6.61. The van der Waals surface area contributed by atoms with Crippen LogP contribution in [0.5, 0.6) is 11.5 Å². The molecule has 3 aromatic carbocycles. The number of hydrogen-bond donors (Lipinski definition) is 1. The van der Waals surface area contributed by atoms with Crippen LogP contribution in [0.2, 0.25) is 0 Å². The molecule has 3 rings (SSSR count). The van der Waals surface area contributed by atoms with Crippen molar-refractivity contribution in [2.24, 2.45) is 5.10 Å². The maximum Gasteiger partial charge on any atom is 0.271 e. The SMILES string of the molecule is COc1ccc(C(=O)N/N=C/c2c(OC)ccc3ccccc23)cc1I. The van der Waals surface area contributed by atoms with Crippen molar-refractivity contribution in [2.75, 3.05) is 14.2 Å². The second kappa shape index (κ2) is 8.18. The highest BCUT2D eigenvalue weighted by Gasteiger charge is 2.09. The summed E-state index contributed by atoms with van der Waals surface area (Å²) in [6.45, 7) is 0. The van der Waals surface area contributed by atoms with Gasteiger partial charge >= 0.3 is 0 Å². The van der Waals surface area contributed by atoms with Crippen molar-refractivity contribution in [2.45, 2.75) is 0 Å². The van der Waals surface area contributed by atoms with Gasteiger partial charge in [0.05, 0.1) is 24.0 Å². The molecule has 0 saturated heterocycles. The average Bonchev–Trinajstić information content (AvgIpc) is 2.67. The number of nitrogens with one attached hydrogen (secondary N) is 1. The Morgan fingerprint density at radius 1 is 1.04 bits per heavy atom. The molecule has 0 heterocycles. The molecular formula is C20H17IN2O3. The topological polar surface area (TPSA) is 59.9 Å². The van der Waals surface area contributed by atoms with Gasteiger partial charge in [-0.25, -0.2) is 5.43 Å². The molecule has 0 aliphatic heterocycles. The lowest BCUT2D eigenvalue weighted by Crippen LogP contribution is -2.17. The molecule has 3 aromatic rings. The molecule has 0 radical (unpaired) electrons. The summed E-state index contributed by atoms with van der Waals surface area (Å²) in [6, 6.07) is 17.0. The Hall–Kier alpha value is -2.61. The molecule has 0 atom stereocenters. The van der Waals surface area contributed by atoms with Gasteiger partial charge in [0, 0.05) is 11.1 Å².